The average Bonchev–Trinajstić information content (AvgIpc) is 2.90. The topological polar surface area (TPSA) is 122 Å². The molecule has 0 aliphatic carbocycles. The summed E-state index contributed by atoms with van der Waals surface area (Å²) >= 11 is 3.39. The summed E-state index contributed by atoms with van der Waals surface area (Å²) in [6.07, 6.45) is 0. The Labute approximate surface area is 223 Å². The van der Waals surface area contributed by atoms with Crippen LogP contribution in [-0.2, 0) is 4.79 Å². The number of halogens is 1. The average molecular weight is 564 g/mol. The van der Waals surface area contributed by atoms with Crippen LogP contribution < -0.4 is 30.7 Å². The standard InChI is InChI=1S/C26H26BrN7O3/c1-16(23(35)29-18-6-4-17(27)5-7-18)28-24-32-25(30-19-8-12-21(36-2)13-9-19)34-26(33-24)31-20-10-14-22(37-3)15-11-20/h4-16H,1-3H3,(H,29,35)(H3,28,30,31,32,33,34)/t16-/m1/s1. The van der Waals surface area contributed by atoms with Crippen LogP contribution in [0.3, 0.4) is 0 Å². The SMILES string of the molecule is COc1ccc(Nc2nc(Nc3ccc(OC)cc3)nc(N[C@H](C)C(=O)Nc3ccc(Br)cc3)n2)cc1. The van der Waals surface area contributed by atoms with Crippen LogP contribution >= 0.6 is 15.9 Å². The zero-order chi connectivity index (χ0) is 26.2. The Morgan fingerprint density at radius 1 is 0.703 bits per heavy atom. The van der Waals surface area contributed by atoms with Gasteiger partial charge >= 0.3 is 0 Å². The summed E-state index contributed by atoms with van der Waals surface area (Å²) < 4.78 is 11.4. The normalized spacial score (nSPS) is 11.2. The molecule has 0 bridgehead atoms. The molecular weight excluding hydrogens is 538 g/mol. The molecule has 0 radical (unpaired) electrons. The fourth-order valence-corrected chi connectivity index (χ4v) is 3.47. The van der Waals surface area contributed by atoms with Gasteiger partial charge in [0.05, 0.1) is 14.2 Å². The maximum Gasteiger partial charge on any atom is 0.246 e. The van der Waals surface area contributed by atoms with Gasteiger partial charge in [-0.05, 0) is 79.7 Å². The smallest absolute Gasteiger partial charge is 0.246 e. The summed E-state index contributed by atoms with van der Waals surface area (Å²) in [6, 6.07) is 21.4. The number of anilines is 6. The highest BCUT2D eigenvalue weighted by molar-refractivity contribution is 9.10. The van der Waals surface area contributed by atoms with Gasteiger partial charge in [-0.15, -0.1) is 0 Å². The highest BCUT2D eigenvalue weighted by atomic mass is 79.9. The van der Waals surface area contributed by atoms with E-state index < -0.39 is 6.04 Å². The molecule has 0 aliphatic heterocycles. The lowest BCUT2D eigenvalue weighted by atomic mass is 10.2. The number of aromatic nitrogens is 3. The molecule has 1 atom stereocenters. The van der Waals surface area contributed by atoms with Crippen molar-refractivity contribution < 1.29 is 14.3 Å². The minimum absolute atomic E-state index is 0.223. The van der Waals surface area contributed by atoms with E-state index in [2.05, 4.69) is 52.1 Å². The number of carbonyl (C=O) groups excluding carboxylic acids is 1. The number of nitrogens with one attached hydrogen (secondary N) is 4. The molecule has 0 aliphatic rings. The van der Waals surface area contributed by atoms with Gasteiger partial charge in [-0.3, -0.25) is 4.79 Å². The zero-order valence-corrected chi connectivity index (χ0v) is 22.0. The van der Waals surface area contributed by atoms with Crippen LogP contribution in [0.5, 0.6) is 11.5 Å². The third-order valence-electron chi connectivity index (χ3n) is 5.18. The lowest BCUT2D eigenvalue weighted by Crippen LogP contribution is -2.32. The predicted octanol–water partition coefficient (Wildman–Crippen LogP) is 5.58. The third-order valence-corrected chi connectivity index (χ3v) is 5.71. The second-order valence-corrected chi connectivity index (χ2v) is 8.79. The van der Waals surface area contributed by atoms with Crippen LogP contribution in [0.4, 0.5) is 34.9 Å². The second-order valence-electron chi connectivity index (χ2n) is 7.88. The fraction of sp³-hybridized carbons (Fsp3) is 0.154. The van der Waals surface area contributed by atoms with Crippen LogP contribution in [0, 0.1) is 0 Å². The molecule has 0 unspecified atom stereocenters. The van der Waals surface area contributed by atoms with Gasteiger partial charge in [0.1, 0.15) is 17.5 Å². The van der Waals surface area contributed by atoms with Crippen molar-refractivity contribution in [1.82, 2.24) is 15.0 Å². The first-order valence-corrected chi connectivity index (χ1v) is 12.1. The highest BCUT2D eigenvalue weighted by Crippen LogP contribution is 2.22. The van der Waals surface area contributed by atoms with Gasteiger partial charge in [-0.2, -0.15) is 15.0 Å². The van der Waals surface area contributed by atoms with E-state index in [0.717, 1.165) is 27.3 Å². The summed E-state index contributed by atoms with van der Waals surface area (Å²) in [7, 11) is 3.22. The quantitative estimate of drug-likeness (QED) is 0.196. The number of nitrogens with zero attached hydrogens (tertiary/aromatic N) is 3. The molecule has 10 nitrogen and oxygen atoms in total. The van der Waals surface area contributed by atoms with Gasteiger partial charge in [0.15, 0.2) is 0 Å². The first-order chi connectivity index (χ1) is 17.9. The fourth-order valence-electron chi connectivity index (χ4n) is 3.20. The predicted molar refractivity (Wildman–Crippen MR) is 148 cm³/mol. The van der Waals surface area contributed by atoms with E-state index in [4.69, 9.17) is 9.47 Å². The van der Waals surface area contributed by atoms with Gasteiger partial charge < -0.3 is 30.7 Å². The number of carbonyl (C=O) groups is 1. The number of hydrogen-bond acceptors (Lipinski definition) is 9. The Bertz CT molecular complexity index is 1270. The van der Waals surface area contributed by atoms with Crippen molar-refractivity contribution in [1.29, 1.82) is 0 Å². The molecule has 11 heteroatoms. The molecule has 4 rings (SSSR count). The Morgan fingerprint density at radius 2 is 1.14 bits per heavy atom. The molecule has 4 aromatic rings. The summed E-state index contributed by atoms with van der Waals surface area (Å²) in [4.78, 5) is 26.2. The summed E-state index contributed by atoms with van der Waals surface area (Å²) in [5.41, 5.74) is 2.20. The maximum absolute atomic E-state index is 12.8. The highest BCUT2D eigenvalue weighted by Gasteiger charge is 2.16. The van der Waals surface area contributed by atoms with Crippen molar-refractivity contribution >= 4 is 56.7 Å². The van der Waals surface area contributed by atoms with E-state index in [9.17, 15) is 4.79 Å². The number of hydrogen-bond donors (Lipinski definition) is 4. The van der Waals surface area contributed by atoms with Crippen molar-refractivity contribution in [2.75, 3.05) is 35.5 Å². The van der Waals surface area contributed by atoms with Gasteiger partial charge in [-0.25, -0.2) is 0 Å². The Kier molecular flexibility index (Phi) is 8.37. The van der Waals surface area contributed by atoms with Crippen molar-refractivity contribution in [2.24, 2.45) is 0 Å². The van der Waals surface area contributed by atoms with Crippen LogP contribution in [0.2, 0.25) is 0 Å². The monoisotopic (exact) mass is 563 g/mol. The summed E-state index contributed by atoms with van der Waals surface area (Å²) in [5.74, 6) is 2.03. The van der Waals surface area contributed by atoms with Crippen LogP contribution in [-0.4, -0.2) is 41.1 Å². The summed E-state index contributed by atoms with van der Waals surface area (Å²) in [5, 5.41) is 12.3. The largest absolute Gasteiger partial charge is 0.497 e. The van der Waals surface area contributed by atoms with Crippen molar-refractivity contribution in [3.8, 4) is 11.5 Å². The van der Waals surface area contributed by atoms with E-state index in [-0.39, 0.29) is 11.9 Å². The molecular formula is C26H26BrN7O3. The molecule has 190 valence electrons. The molecule has 37 heavy (non-hydrogen) atoms. The van der Waals surface area contributed by atoms with Gasteiger partial charge in [-0.1, -0.05) is 15.9 Å². The molecule has 0 fully saturated rings. The van der Waals surface area contributed by atoms with Gasteiger partial charge in [0.2, 0.25) is 23.8 Å². The number of rotatable bonds is 10. The van der Waals surface area contributed by atoms with E-state index in [1.807, 2.05) is 72.8 Å². The van der Waals surface area contributed by atoms with E-state index in [1.165, 1.54) is 0 Å². The Balaban J connectivity index is 1.54. The minimum Gasteiger partial charge on any atom is -0.497 e. The van der Waals surface area contributed by atoms with Crippen molar-refractivity contribution in [3.05, 3.63) is 77.3 Å². The molecule has 1 amide bonds. The van der Waals surface area contributed by atoms with Crippen molar-refractivity contribution in [3.63, 3.8) is 0 Å². The third kappa shape index (κ3) is 7.31. The van der Waals surface area contributed by atoms with Crippen LogP contribution in [0.1, 0.15) is 6.92 Å². The Hall–Kier alpha value is -4.38. The maximum atomic E-state index is 12.8. The molecule has 1 heterocycles. The number of methoxy groups -OCH3 is 2. The number of ether oxygens (including phenoxy) is 2. The second kappa shape index (κ2) is 12.0. The molecule has 0 saturated heterocycles. The number of amides is 1. The molecule has 0 spiro atoms. The molecule has 1 aromatic heterocycles. The van der Waals surface area contributed by atoms with E-state index in [0.29, 0.717) is 17.6 Å². The van der Waals surface area contributed by atoms with Gasteiger partial charge in [0, 0.05) is 21.5 Å². The lowest BCUT2D eigenvalue weighted by Gasteiger charge is -2.16. The lowest BCUT2D eigenvalue weighted by molar-refractivity contribution is -0.116. The zero-order valence-electron chi connectivity index (χ0n) is 20.4. The van der Waals surface area contributed by atoms with Crippen LogP contribution in [0.25, 0.3) is 0 Å². The number of benzene rings is 3. The first kappa shape index (κ1) is 25.7. The van der Waals surface area contributed by atoms with E-state index in [1.54, 1.807) is 21.1 Å². The van der Waals surface area contributed by atoms with Crippen molar-refractivity contribution in [2.45, 2.75) is 13.0 Å². The molecule has 3 aromatic carbocycles. The minimum atomic E-state index is -0.631. The van der Waals surface area contributed by atoms with Gasteiger partial charge in [0.25, 0.3) is 0 Å². The van der Waals surface area contributed by atoms with Crippen LogP contribution in [0.15, 0.2) is 77.3 Å². The Morgan fingerprint density at radius 3 is 1.59 bits per heavy atom. The molecule has 4 N–H and O–H groups in total. The first-order valence-electron chi connectivity index (χ1n) is 11.3. The van der Waals surface area contributed by atoms with E-state index >= 15 is 0 Å². The summed E-state index contributed by atoms with van der Waals surface area (Å²) in [6.45, 7) is 1.73. The molecule has 0 saturated carbocycles.